The highest BCUT2D eigenvalue weighted by atomic mass is 32.2. The highest BCUT2D eigenvalue weighted by Gasteiger charge is 2.31. The number of benzene rings is 1. The maximum Gasteiger partial charge on any atom is 0.233 e. The molecule has 0 bridgehead atoms. The molecule has 0 saturated heterocycles. The number of anilines is 2. The first-order valence-corrected chi connectivity index (χ1v) is 9.97. The van der Waals surface area contributed by atoms with E-state index in [9.17, 15) is 4.79 Å². The fraction of sp³-hybridized carbons (Fsp3) is 0.471. The van der Waals surface area contributed by atoms with Crippen molar-refractivity contribution in [2.45, 2.75) is 44.0 Å². The summed E-state index contributed by atoms with van der Waals surface area (Å²) in [6.07, 6.45) is 2.29. The van der Waals surface area contributed by atoms with Crippen LogP contribution in [0.4, 0.5) is 10.8 Å². The molecule has 1 aromatic heterocycles. The van der Waals surface area contributed by atoms with Crippen LogP contribution in [0, 0.1) is 13.8 Å². The van der Waals surface area contributed by atoms with E-state index in [1.165, 1.54) is 34.2 Å². The van der Waals surface area contributed by atoms with Crippen LogP contribution in [0.15, 0.2) is 22.5 Å². The molecule has 2 aromatic rings. The number of hydrogen-bond donors (Lipinski definition) is 1. The van der Waals surface area contributed by atoms with E-state index >= 15 is 0 Å². The van der Waals surface area contributed by atoms with Gasteiger partial charge >= 0.3 is 0 Å². The normalized spacial score (nSPS) is 13.8. The van der Waals surface area contributed by atoms with Crippen LogP contribution in [0.1, 0.15) is 30.9 Å². The van der Waals surface area contributed by atoms with Gasteiger partial charge in [-0.25, -0.2) is 0 Å². The molecule has 1 heterocycles. The number of thioether (sulfide) groups is 1. The Balaban J connectivity index is 1.57. The first-order valence-electron chi connectivity index (χ1n) is 8.17. The van der Waals surface area contributed by atoms with Crippen molar-refractivity contribution in [1.29, 1.82) is 0 Å². The molecule has 0 unspecified atom stereocenters. The summed E-state index contributed by atoms with van der Waals surface area (Å²) in [5.41, 5.74) is 3.49. The lowest BCUT2D eigenvalue weighted by atomic mass is 10.1. The molecule has 1 aromatic carbocycles. The number of aromatic nitrogens is 2. The first kappa shape index (κ1) is 17.2. The average molecular weight is 363 g/mol. The second kappa shape index (κ2) is 7.53. The Morgan fingerprint density at radius 1 is 1.38 bits per heavy atom. The van der Waals surface area contributed by atoms with Crippen LogP contribution in [0.5, 0.6) is 0 Å². The lowest BCUT2D eigenvalue weighted by Crippen LogP contribution is -2.34. The number of aryl methyl sites for hydroxylation is 1. The van der Waals surface area contributed by atoms with Crippen LogP contribution in [-0.4, -0.2) is 39.3 Å². The third-order valence-corrected chi connectivity index (χ3v) is 6.18. The van der Waals surface area contributed by atoms with Crippen LogP contribution in [-0.2, 0) is 4.79 Å². The summed E-state index contributed by atoms with van der Waals surface area (Å²) in [6.45, 7) is 7.01. The monoisotopic (exact) mass is 362 g/mol. The molecular formula is C17H22N4OS2. The van der Waals surface area contributed by atoms with E-state index < -0.39 is 0 Å². The van der Waals surface area contributed by atoms with E-state index in [1.807, 2.05) is 24.0 Å². The van der Waals surface area contributed by atoms with Gasteiger partial charge in [-0.15, -0.1) is 10.2 Å². The quantitative estimate of drug-likeness (QED) is 0.755. The first-order chi connectivity index (χ1) is 11.6. The highest BCUT2D eigenvalue weighted by Crippen LogP contribution is 2.31. The van der Waals surface area contributed by atoms with Gasteiger partial charge in [0.25, 0.3) is 0 Å². The molecule has 1 saturated carbocycles. The maximum absolute atomic E-state index is 12.3. The van der Waals surface area contributed by atoms with Crippen LogP contribution in [0.2, 0.25) is 0 Å². The minimum Gasteiger partial charge on any atom is -0.339 e. The molecule has 1 N–H and O–H groups in total. The lowest BCUT2D eigenvalue weighted by Gasteiger charge is -2.19. The zero-order valence-electron chi connectivity index (χ0n) is 14.2. The van der Waals surface area contributed by atoms with Crippen LogP contribution in [0.3, 0.4) is 0 Å². The molecule has 24 heavy (non-hydrogen) atoms. The van der Waals surface area contributed by atoms with Crippen molar-refractivity contribution in [2.24, 2.45) is 0 Å². The predicted molar refractivity (Wildman–Crippen MR) is 100 cm³/mol. The highest BCUT2D eigenvalue weighted by molar-refractivity contribution is 8.01. The van der Waals surface area contributed by atoms with Crippen molar-refractivity contribution < 1.29 is 4.79 Å². The van der Waals surface area contributed by atoms with E-state index in [0.29, 0.717) is 11.8 Å². The molecule has 1 aliphatic rings. The molecular weight excluding hydrogens is 340 g/mol. The molecule has 0 atom stereocenters. The van der Waals surface area contributed by atoms with Gasteiger partial charge in [0.1, 0.15) is 0 Å². The van der Waals surface area contributed by atoms with Crippen LogP contribution >= 0.6 is 23.1 Å². The Kier molecular flexibility index (Phi) is 5.40. The summed E-state index contributed by atoms with van der Waals surface area (Å²) >= 11 is 2.96. The van der Waals surface area contributed by atoms with Crippen molar-refractivity contribution in [3.05, 3.63) is 29.3 Å². The van der Waals surface area contributed by atoms with Crippen molar-refractivity contribution >= 4 is 39.8 Å². The minimum atomic E-state index is 0.198. The Bertz CT molecular complexity index is 727. The van der Waals surface area contributed by atoms with E-state index in [1.54, 1.807) is 0 Å². The van der Waals surface area contributed by atoms with E-state index in [4.69, 9.17) is 0 Å². The number of amides is 1. The standard InChI is InChI=1S/C17H22N4OS2/c1-4-21(13-8-9-13)15(22)10-23-17-20-19-16(24-17)18-14-7-5-6-11(2)12(14)3/h5-7,13H,4,8-10H2,1-3H3,(H,18,19). The van der Waals surface area contributed by atoms with Crippen LogP contribution < -0.4 is 5.32 Å². The number of hydrogen-bond acceptors (Lipinski definition) is 6. The van der Waals surface area contributed by atoms with Gasteiger partial charge in [-0.05, 0) is 50.8 Å². The Labute approximate surface area is 150 Å². The number of carbonyl (C=O) groups is 1. The zero-order chi connectivity index (χ0) is 17.1. The van der Waals surface area contributed by atoms with Gasteiger partial charge in [-0.3, -0.25) is 4.79 Å². The summed E-state index contributed by atoms with van der Waals surface area (Å²) in [5, 5.41) is 12.4. The summed E-state index contributed by atoms with van der Waals surface area (Å²) in [6, 6.07) is 6.62. The third kappa shape index (κ3) is 4.08. The summed E-state index contributed by atoms with van der Waals surface area (Å²) in [7, 11) is 0. The van der Waals surface area contributed by atoms with Gasteiger partial charge in [-0.2, -0.15) is 0 Å². The average Bonchev–Trinajstić information content (AvgIpc) is 3.30. The predicted octanol–water partition coefficient (Wildman–Crippen LogP) is 4.00. The molecule has 0 aliphatic heterocycles. The fourth-order valence-electron chi connectivity index (χ4n) is 2.55. The number of carbonyl (C=O) groups excluding carboxylic acids is 1. The van der Waals surface area contributed by atoms with Crippen molar-refractivity contribution in [3.8, 4) is 0 Å². The minimum absolute atomic E-state index is 0.198. The van der Waals surface area contributed by atoms with Crippen molar-refractivity contribution in [2.75, 3.05) is 17.6 Å². The molecule has 0 spiro atoms. The van der Waals surface area contributed by atoms with Crippen molar-refractivity contribution in [3.63, 3.8) is 0 Å². The largest absolute Gasteiger partial charge is 0.339 e. The SMILES string of the molecule is CCN(C(=O)CSc1nnc(Nc2cccc(C)c2C)s1)C1CC1. The summed E-state index contributed by atoms with van der Waals surface area (Å²) < 4.78 is 0.822. The van der Waals surface area contributed by atoms with E-state index in [2.05, 4.69) is 35.4 Å². The fourth-order valence-corrected chi connectivity index (χ4v) is 4.20. The molecule has 1 aliphatic carbocycles. The van der Waals surface area contributed by atoms with Gasteiger partial charge < -0.3 is 10.2 Å². The van der Waals surface area contributed by atoms with E-state index in [0.717, 1.165) is 34.5 Å². The van der Waals surface area contributed by atoms with Gasteiger partial charge in [0.15, 0.2) is 4.34 Å². The molecule has 3 rings (SSSR count). The second-order valence-corrected chi connectivity index (χ2v) is 8.15. The van der Waals surface area contributed by atoms with Gasteiger partial charge in [0.05, 0.1) is 5.75 Å². The molecule has 1 fully saturated rings. The molecule has 7 heteroatoms. The van der Waals surface area contributed by atoms with Gasteiger partial charge in [0.2, 0.25) is 11.0 Å². The third-order valence-electron chi connectivity index (χ3n) is 4.22. The Morgan fingerprint density at radius 2 is 2.17 bits per heavy atom. The van der Waals surface area contributed by atoms with Crippen LogP contribution in [0.25, 0.3) is 0 Å². The van der Waals surface area contributed by atoms with Crippen molar-refractivity contribution in [1.82, 2.24) is 15.1 Å². The number of nitrogens with one attached hydrogen (secondary N) is 1. The van der Waals surface area contributed by atoms with E-state index in [-0.39, 0.29) is 5.91 Å². The van der Waals surface area contributed by atoms with Gasteiger partial charge in [-0.1, -0.05) is 35.2 Å². The van der Waals surface area contributed by atoms with Gasteiger partial charge in [0, 0.05) is 18.3 Å². The Morgan fingerprint density at radius 3 is 2.88 bits per heavy atom. The topological polar surface area (TPSA) is 58.1 Å². The lowest BCUT2D eigenvalue weighted by molar-refractivity contribution is -0.128. The maximum atomic E-state index is 12.3. The molecule has 5 nitrogen and oxygen atoms in total. The molecule has 1 amide bonds. The zero-order valence-corrected chi connectivity index (χ0v) is 15.8. The number of nitrogens with zero attached hydrogens (tertiary/aromatic N) is 3. The molecule has 128 valence electrons. The summed E-state index contributed by atoms with van der Waals surface area (Å²) in [4.78, 5) is 14.2. The Hall–Kier alpha value is -1.60. The summed E-state index contributed by atoms with van der Waals surface area (Å²) in [5.74, 6) is 0.631. The second-order valence-electron chi connectivity index (χ2n) is 5.95. The number of rotatable bonds is 7. The smallest absolute Gasteiger partial charge is 0.233 e. The molecule has 0 radical (unpaired) electrons.